The first kappa shape index (κ1) is 14.3. The summed E-state index contributed by atoms with van der Waals surface area (Å²) in [7, 11) is -4.45. The second-order valence-corrected chi connectivity index (χ2v) is 5.41. The molecule has 0 fully saturated rings. The molecule has 0 aliphatic heterocycles. The van der Waals surface area contributed by atoms with Crippen molar-refractivity contribution in [3.05, 3.63) is 59.7 Å². The smallest absolute Gasteiger partial charge is 0.264 e. The molecule has 0 aromatic heterocycles. The molecule has 2 rings (SSSR count). The summed E-state index contributed by atoms with van der Waals surface area (Å²) in [4.78, 5) is -0.732. The molecule has 0 radical (unpaired) electrons. The number of hydrogen-bond acceptors (Lipinski definition) is 2. The molecule has 2 aromatic rings. The molecule has 20 heavy (non-hydrogen) atoms. The Hall–Kier alpha value is -2.09. The minimum Gasteiger partial charge on any atom is -0.276 e. The van der Waals surface area contributed by atoms with Crippen molar-refractivity contribution in [1.29, 1.82) is 0 Å². The van der Waals surface area contributed by atoms with E-state index in [1.165, 1.54) is 12.1 Å². The Bertz CT molecular complexity index is 762. The molecule has 1 N–H and O–H groups in total. The van der Waals surface area contributed by atoms with E-state index in [0.717, 1.165) is 12.1 Å². The van der Waals surface area contributed by atoms with Crippen LogP contribution in [0.15, 0.2) is 41.3 Å². The number of rotatable bonds is 3. The average Bonchev–Trinajstić information content (AvgIpc) is 2.40. The van der Waals surface area contributed by atoms with Crippen LogP contribution in [0, 0.1) is 23.3 Å². The number of benzene rings is 2. The SMILES string of the molecule is O=S(=O)(Nc1ccc(F)c(F)c1F)c1ccccc1F. The van der Waals surface area contributed by atoms with Gasteiger partial charge in [-0.05, 0) is 24.3 Å². The van der Waals surface area contributed by atoms with Crippen LogP contribution in [0.25, 0.3) is 0 Å². The predicted octanol–water partition coefficient (Wildman–Crippen LogP) is 3.04. The fourth-order valence-electron chi connectivity index (χ4n) is 1.47. The quantitative estimate of drug-likeness (QED) is 0.700. The van der Waals surface area contributed by atoms with E-state index >= 15 is 0 Å². The molecule has 0 amide bonds. The molecule has 0 atom stereocenters. The Morgan fingerprint density at radius 2 is 1.45 bits per heavy atom. The minimum absolute atomic E-state index is 0.553. The van der Waals surface area contributed by atoms with E-state index in [0.29, 0.717) is 12.1 Å². The molecule has 0 spiro atoms. The zero-order valence-corrected chi connectivity index (χ0v) is 10.5. The van der Waals surface area contributed by atoms with Crippen molar-refractivity contribution < 1.29 is 26.0 Å². The van der Waals surface area contributed by atoms with Crippen molar-refractivity contribution >= 4 is 15.7 Å². The van der Waals surface area contributed by atoms with Gasteiger partial charge in [0.2, 0.25) is 0 Å². The molecule has 106 valence electrons. The van der Waals surface area contributed by atoms with Crippen LogP contribution >= 0.6 is 0 Å². The lowest BCUT2D eigenvalue weighted by atomic mass is 10.3. The Kier molecular flexibility index (Phi) is 3.67. The summed E-state index contributed by atoms with van der Waals surface area (Å²) in [6.07, 6.45) is 0. The predicted molar refractivity (Wildman–Crippen MR) is 63.5 cm³/mol. The van der Waals surface area contributed by atoms with E-state index in [2.05, 4.69) is 0 Å². The maximum atomic E-state index is 13.4. The van der Waals surface area contributed by atoms with Gasteiger partial charge in [-0.15, -0.1) is 0 Å². The van der Waals surface area contributed by atoms with Crippen LogP contribution < -0.4 is 4.72 Å². The maximum Gasteiger partial charge on any atom is 0.264 e. The minimum atomic E-state index is -4.45. The molecule has 0 aliphatic rings. The maximum absolute atomic E-state index is 13.4. The molecular weight excluding hydrogens is 298 g/mol. The lowest BCUT2D eigenvalue weighted by Crippen LogP contribution is -2.16. The summed E-state index contributed by atoms with van der Waals surface area (Å²) >= 11 is 0. The monoisotopic (exact) mass is 305 g/mol. The highest BCUT2D eigenvalue weighted by Crippen LogP contribution is 2.23. The highest BCUT2D eigenvalue weighted by atomic mass is 32.2. The molecule has 0 bridgehead atoms. The first-order chi connectivity index (χ1) is 9.33. The standard InChI is InChI=1S/C12H7F4NO2S/c13-7-3-1-2-4-10(7)20(18,19)17-9-6-5-8(14)11(15)12(9)16/h1-6,17H. The summed E-state index contributed by atoms with van der Waals surface area (Å²) in [6.45, 7) is 0. The van der Waals surface area contributed by atoms with Gasteiger partial charge in [0, 0.05) is 0 Å². The molecule has 2 aromatic carbocycles. The molecule has 0 saturated carbocycles. The second-order valence-electron chi connectivity index (χ2n) is 3.76. The van der Waals surface area contributed by atoms with Crippen LogP contribution in [0.5, 0.6) is 0 Å². The Morgan fingerprint density at radius 3 is 2.10 bits per heavy atom. The first-order valence-corrected chi connectivity index (χ1v) is 6.72. The number of sulfonamides is 1. The van der Waals surface area contributed by atoms with Gasteiger partial charge >= 0.3 is 0 Å². The van der Waals surface area contributed by atoms with E-state index < -0.39 is 43.9 Å². The number of nitrogens with one attached hydrogen (secondary N) is 1. The van der Waals surface area contributed by atoms with Gasteiger partial charge in [-0.1, -0.05) is 12.1 Å². The van der Waals surface area contributed by atoms with Crippen LogP contribution in [0.1, 0.15) is 0 Å². The highest BCUT2D eigenvalue weighted by molar-refractivity contribution is 7.92. The van der Waals surface area contributed by atoms with Crippen LogP contribution in [-0.2, 0) is 10.0 Å². The third-order valence-electron chi connectivity index (χ3n) is 2.41. The van der Waals surface area contributed by atoms with Crippen LogP contribution in [-0.4, -0.2) is 8.42 Å². The van der Waals surface area contributed by atoms with E-state index in [1.54, 1.807) is 4.72 Å². The summed E-state index contributed by atoms with van der Waals surface area (Å²) in [5, 5.41) is 0. The summed E-state index contributed by atoms with van der Waals surface area (Å²) in [5.41, 5.74) is -0.813. The van der Waals surface area contributed by atoms with Crippen LogP contribution in [0.2, 0.25) is 0 Å². The van der Waals surface area contributed by atoms with E-state index in [4.69, 9.17) is 0 Å². The number of anilines is 1. The van der Waals surface area contributed by atoms with Gasteiger partial charge in [0.15, 0.2) is 17.5 Å². The number of halogens is 4. The van der Waals surface area contributed by atoms with Crippen LogP contribution in [0.4, 0.5) is 23.2 Å². The summed E-state index contributed by atoms with van der Waals surface area (Å²) < 4.78 is 77.8. The van der Waals surface area contributed by atoms with Gasteiger partial charge < -0.3 is 0 Å². The third-order valence-corrected chi connectivity index (χ3v) is 3.80. The molecule has 0 aliphatic carbocycles. The van der Waals surface area contributed by atoms with Crippen molar-refractivity contribution in [2.75, 3.05) is 4.72 Å². The lowest BCUT2D eigenvalue weighted by Gasteiger charge is -2.10. The zero-order valence-electron chi connectivity index (χ0n) is 9.70. The Labute approximate surface area is 111 Å². The zero-order chi connectivity index (χ0) is 14.9. The first-order valence-electron chi connectivity index (χ1n) is 5.24. The molecule has 8 heteroatoms. The Morgan fingerprint density at radius 1 is 0.800 bits per heavy atom. The third kappa shape index (κ3) is 2.60. The Balaban J connectivity index is 2.45. The van der Waals surface area contributed by atoms with Gasteiger partial charge in [-0.3, -0.25) is 4.72 Å². The van der Waals surface area contributed by atoms with E-state index in [9.17, 15) is 26.0 Å². The molecular formula is C12H7F4NO2S. The van der Waals surface area contributed by atoms with E-state index in [-0.39, 0.29) is 0 Å². The molecule has 0 saturated heterocycles. The summed E-state index contributed by atoms with van der Waals surface area (Å²) in [5.74, 6) is -6.04. The summed E-state index contributed by atoms with van der Waals surface area (Å²) in [6, 6.07) is 5.64. The van der Waals surface area contributed by atoms with Gasteiger partial charge in [-0.2, -0.15) is 0 Å². The van der Waals surface area contributed by atoms with Crippen LogP contribution in [0.3, 0.4) is 0 Å². The van der Waals surface area contributed by atoms with Crippen molar-refractivity contribution in [1.82, 2.24) is 0 Å². The highest BCUT2D eigenvalue weighted by Gasteiger charge is 2.22. The van der Waals surface area contributed by atoms with Gasteiger partial charge in [0.25, 0.3) is 10.0 Å². The van der Waals surface area contributed by atoms with Crippen molar-refractivity contribution in [2.24, 2.45) is 0 Å². The molecule has 3 nitrogen and oxygen atoms in total. The normalized spacial score (nSPS) is 11.4. The van der Waals surface area contributed by atoms with Gasteiger partial charge in [-0.25, -0.2) is 26.0 Å². The average molecular weight is 305 g/mol. The largest absolute Gasteiger partial charge is 0.276 e. The molecule has 0 unspecified atom stereocenters. The van der Waals surface area contributed by atoms with Crippen molar-refractivity contribution in [2.45, 2.75) is 4.90 Å². The van der Waals surface area contributed by atoms with Crippen molar-refractivity contribution in [3.8, 4) is 0 Å². The topological polar surface area (TPSA) is 46.2 Å². The van der Waals surface area contributed by atoms with E-state index in [1.807, 2.05) is 0 Å². The number of hydrogen-bond donors (Lipinski definition) is 1. The fraction of sp³-hybridized carbons (Fsp3) is 0. The van der Waals surface area contributed by atoms with Gasteiger partial charge in [0.1, 0.15) is 10.7 Å². The molecule has 0 heterocycles. The second kappa shape index (κ2) is 5.12. The fourth-order valence-corrected chi connectivity index (χ4v) is 2.61. The van der Waals surface area contributed by atoms with Gasteiger partial charge in [0.05, 0.1) is 5.69 Å². The van der Waals surface area contributed by atoms with Crippen molar-refractivity contribution in [3.63, 3.8) is 0 Å². The lowest BCUT2D eigenvalue weighted by molar-refractivity contribution is 0.449.